The highest BCUT2D eigenvalue weighted by Crippen LogP contribution is 2.36. The van der Waals surface area contributed by atoms with E-state index in [1.165, 1.54) is 0 Å². The number of hydrogen-bond acceptors (Lipinski definition) is 3. The van der Waals surface area contributed by atoms with Crippen molar-refractivity contribution in [1.82, 2.24) is 0 Å². The Morgan fingerprint density at radius 3 is 2.60 bits per heavy atom. The molecule has 2 rings (SSSR count). The maximum Gasteiger partial charge on any atom is 0.412 e. The molecule has 110 valence electrons. The predicted molar refractivity (Wildman–Crippen MR) is 80.9 cm³/mol. The van der Waals surface area contributed by atoms with Crippen molar-refractivity contribution in [1.29, 1.82) is 0 Å². The van der Waals surface area contributed by atoms with E-state index in [0.29, 0.717) is 0 Å². The zero-order chi connectivity index (χ0) is 15.0. The zero-order valence-electron chi connectivity index (χ0n) is 12.7. The number of amides is 1. The van der Waals surface area contributed by atoms with Crippen molar-refractivity contribution in [2.45, 2.75) is 58.1 Å². The molecule has 0 bridgehead atoms. The summed E-state index contributed by atoms with van der Waals surface area (Å²) in [6.07, 6.45) is 2.59. The fourth-order valence-electron chi connectivity index (χ4n) is 2.07. The summed E-state index contributed by atoms with van der Waals surface area (Å²) in [7, 11) is 0. The maximum atomic E-state index is 11.8. The third kappa shape index (κ3) is 4.23. The van der Waals surface area contributed by atoms with E-state index < -0.39 is 11.7 Å². The Hall–Kier alpha value is -1.55. The van der Waals surface area contributed by atoms with Crippen LogP contribution in [-0.4, -0.2) is 17.2 Å². The van der Waals surface area contributed by atoms with Gasteiger partial charge in [0.25, 0.3) is 0 Å². The van der Waals surface area contributed by atoms with Crippen molar-refractivity contribution >= 4 is 11.8 Å². The van der Waals surface area contributed by atoms with Gasteiger partial charge in [-0.3, -0.25) is 5.32 Å². The molecule has 1 aliphatic rings. The second-order valence-corrected chi connectivity index (χ2v) is 6.82. The van der Waals surface area contributed by atoms with Crippen molar-refractivity contribution in [3.05, 3.63) is 29.3 Å². The lowest BCUT2D eigenvalue weighted by atomic mass is 10.0. The van der Waals surface area contributed by atoms with Gasteiger partial charge in [-0.05, 0) is 64.2 Å². The van der Waals surface area contributed by atoms with Crippen LogP contribution in [0.3, 0.4) is 0 Å². The summed E-state index contributed by atoms with van der Waals surface area (Å²) in [6, 6.07) is 6.07. The first-order chi connectivity index (χ1) is 9.17. The Morgan fingerprint density at radius 1 is 1.40 bits per heavy atom. The molecule has 4 nitrogen and oxygen atoms in total. The van der Waals surface area contributed by atoms with E-state index in [1.807, 2.05) is 39.8 Å². The molecular weight excluding hydrogens is 252 g/mol. The highest BCUT2D eigenvalue weighted by molar-refractivity contribution is 5.86. The average molecular weight is 276 g/mol. The lowest BCUT2D eigenvalue weighted by molar-refractivity contribution is 0.0636. The minimum atomic E-state index is -0.495. The fraction of sp³-hybridized carbons (Fsp3) is 0.562. The van der Waals surface area contributed by atoms with Crippen LogP contribution >= 0.6 is 0 Å². The third-order valence-electron chi connectivity index (χ3n) is 3.39. The number of ether oxygens (including phenoxy) is 1. The first-order valence-corrected chi connectivity index (χ1v) is 7.05. The van der Waals surface area contributed by atoms with E-state index in [0.717, 1.165) is 36.1 Å². The van der Waals surface area contributed by atoms with Crippen LogP contribution in [-0.2, 0) is 11.2 Å². The molecule has 3 N–H and O–H groups in total. The molecular formula is C16H24N2O2. The monoisotopic (exact) mass is 276 g/mol. The van der Waals surface area contributed by atoms with Gasteiger partial charge in [0.1, 0.15) is 5.60 Å². The lowest BCUT2D eigenvalue weighted by Gasteiger charge is -2.20. The topological polar surface area (TPSA) is 64.3 Å². The van der Waals surface area contributed by atoms with Crippen molar-refractivity contribution in [2.24, 2.45) is 5.73 Å². The molecule has 1 aromatic carbocycles. The Bertz CT molecular complexity index is 514. The molecule has 0 unspecified atom stereocenters. The Labute approximate surface area is 120 Å². The van der Waals surface area contributed by atoms with Gasteiger partial charge in [0.05, 0.1) is 0 Å². The number of carbonyl (C=O) groups is 1. The van der Waals surface area contributed by atoms with E-state index in [9.17, 15) is 4.79 Å². The molecule has 1 aliphatic carbocycles. The Kier molecular flexibility index (Phi) is 3.78. The molecule has 0 heterocycles. The minimum absolute atomic E-state index is 0.0293. The molecule has 0 spiro atoms. The van der Waals surface area contributed by atoms with E-state index >= 15 is 0 Å². The van der Waals surface area contributed by atoms with Gasteiger partial charge >= 0.3 is 6.09 Å². The second kappa shape index (κ2) is 5.09. The van der Waals surface area contributed by atoms with Crippen molar-refractivity contribution in [3.63, 3.8) is 0 Å². The predicted octanol–water partition coefficient (Wildman–Crippen LogP) is 3.38. The largest absolute Gasteiger partial charge is 0.444 e. The van der Waals surface area contributed by atoms with Gasteiger partial charge in [0.15, 0.2) is 0 Å². The lowest BCUT2D eigenvalue weighted by Crippen LogP contribution is -2.27. The summed E-state index contributed by atoms with van der Waals surface area (Å²) >= 11 is 0. The maximum absolute atomic E-state index is 11.8. The van der Waals surface area contributed by atoms with Gasteiger partial charge in [-0.25, -0.2) is 4.79 Å². The third-order valence-corrected chi connectivity index (χ3v) is 3.39. The van der Waals surface area contributed by atoms with Gasteiger partial charge in [0.2, 0.25) is 0 Å². The molecule has 0 atom stereocenters. The Morgan fingerprint density at radius 2 is 2.05 bits per heavy atom. The number of aryl methyl sites for hydroxylation is 1. The molecule has 0 aromatic heterocycles. The number of rotatable bonds is 3. The van der Waals surface area contributed by atoms with E-state index in [2.05, 4.69) is 11.4 Å². The number of anilines is 1. The van der Waals surface area contributed by atoms with E-state index in [-0.39, 0.29) is 5.54 Å². The van der Waals surface area contributed by atoms with Crippen LogP contribution in [0.1, 0.15) is 44.7 Å². The summed E-state index contributed by atoms with van der Waals surface area (Å²) in [5.41, 5.74) is 8.58. The SMILES string of the molecule is Cc1ccc(CC2(N)CC2)cc1NC(=O)OC(C)(C)C. The van der Waals surface area contributed by atoms with E-state index in [1.54, 1.807) is 0 Å². The number of nitrogens with two attached hydrogens (primary N) is 1. The highest BCUT2D eigenvalue weighted by atomic mass is 16.6. The molecule has 20 heavy (non-hydrogen) atoms. The fourth-order valence-corrected chi connectivity index (χ4v) is 2.07. The molecule has 1 saturated carbocycles. The molecule has 0 aliphatic heterocycles. The van der Waals surface area contributed by atoms with Crippen LogP contribution in [0.5, 0.6) is 0 Å². The summed E-state index contributed by atoms with van der Waals surface area (Å²) in [4.78, 5) is 11.8. The molecule has 0 radical (unpaired) electrons. The van der Waals surface area contributed by atoms with Crippen LogP contribution < -0.4 is 11.1 Å². The van der Waals surface area contributed by atoms with Crippen LogP contribution in [0.15, 0.2) is 18.2 Å². The first kappa shape index (κ1) is 14.9. The van der Waals surface area contributed by atoms with Crippen molar-refractivity contribution < 1.29 is 9.53 Å². The van der Waals surface area contributed by atoms with Crippen LogP contribution in [0.2, 0.25) is 0 Å². The summed E-state index contributed by atoms with van der Waals surface area (Å²) in [5, 5.41) is 2.81. The van der Waals surface area contributed by atoms with Gasteiger partial charge in [-0.2, -0.15) is 0 Å². The normalized spacial score (nSPS) is 16.6. The second-order valence-electron chi connectivity index (χ2n) is 6.82. The number of benzene rings is 1. The highest BCUT2D eigenvalue weighted by Gasteiger charge is 2.37. The molecule has 4 heteroatoms. The quantitative estimate of drug-likeness (QED) is 0.889. The number of hydrogen-bond donors (Lipinski definition) is 2. The molecule has 1 amide bonds. The van der Waals surface area contributed by atoms with Gasteiger partial charge in [-0.15, -0.1) is 0 Å². The minimum Gasteiger partial charge on any atom is -0.444 e. The Balaban J connectivity index is 2.06. The average Bonchev–Trinajstić information content (AvgIpc) is 2.98. The summed E-state index contributed by atoms with van der Waals surface area (Å²) < 4.78 is 5.28. The van der Waals surface area contributed by atoms with Crippen LogP contribution in [0.4, 0.5) is 10.5 Å². The zero-order valence-corrected chi connectivity index (χ0v) is 12.7. The smallest absolute Gasteiger partial charge is 0.412 e. The van der Waals surface area contributed by atoms with Crippen LogP contribution in [0, 0.1) is 6.92 Å². The van der Waals surface area contributed by atoms with Crippen molar-refractivity contribution in [2.75, 3.05) is 5.32 Å². The molecule has 1 fully saturated rings. The number of carbonyl (C=O) groups excluding carboxylic acids is 1. The van der Waals surface area contributed by atoms with Gasteiger partial charge in [0, 0.05) is 11.2 Å². The van der Waals surface area contributed by atoms with Crippen LogP contribution in [0.25, 0.3) is 0 Å². The van der Waals surface area contributed by atoms with Crippen molar-refractivity contribution in [3.8, 4) is 0 Å². The van der Waals surface area contributed by atoms with Gasteiger partial charge < -0.3 is 10.5 Å². The van der Waals surface area contributed by atoms with E-state index in [4.69, 9.17) is 10.5 Å². The summed E-state index contributed by atoms with van der Waals surface area (Å²) in [5.74, 6) is 0. The first-order valence-electron chi connectivity index (χ1n) is 7.05. The molecule has 1 aromatic rings. The van der Waals surface area contributed by atoms with Gasteiger partial charge in [-0.1, -0.05) is 12.1 Å². The molecule has 0 saturated heterocycles. The standard InChI is InChI=1S/C16H24N2O2/c1-11-5-6-12(10-16(17)7-8-16)9-13(11)18-14(19)20-15(2,3)4/h5-6,9H,7-8,10,17H2,1-4H3,(H,18,19). The summed E-state index contributed by atoms with van der Waals surface area (Å²) in [6.45, 7) is 7.51. The number of nitrogens with one attached hydrogen (secondary N) is 1.